The predicted molar refractivity (Wildman–Crippen MR) is 66.0 cm³/mol. The highest BCUT2D eigenvalue weighted by Gasteiger charge is 2.09. The molecule has 1 unspecified atom stereocenters. The van der Waals surface area contributed by atoms with Gasteiger partial charge in [-0.05, 0) is 13.3 Å². The monoisotopic (exact) mass is 223 g/mol. The van der Waals surface area contributed by atoms with Crippen LogP contribution in [0.3, 0.4) is 0 Å². The Hall–Kier alpha value is -1.32. The van der Waals surface area contributed by atoms with E-state index in [0.717, 1.165) is 18.1 Å². The summed E-state index contributed by atoms with van der Waals surface area (Å²) in [5.41, 5.74) is 0. The summed E-state index contributed by atoms with van der Waals surface area (Å²) in [6, 6.07) is 1.83. The Kier molecular flexibility index (Phi) is 4.52. The second-order valence-corrected chi connectivity index (χ2v) is 4.19. The molecular formula is C12H21N3O. The standard InChI is InChI=1S/C12H21N3O/c1-6-9(4)16-11-7-10(13-5)14-12(15-11)8(2)3/h7-9H,6H2,1-5H3,(H,13,14,15). The summed E-state index contributed by atoms with van der Waals surface area (Å²) < 4.78 is 5.71. The second-order valence-electron chi connectivity index (χ2n) is 4.19. The predicted octanol–water partition coefficient (Wildman–Crippen LogP) is 2.82. The molecule has 0 fully saturated rings. The van der Waals surface area contributed by atoms with E-state index in [1.165, 1.54) is 0 Å². The van der Waals surface area contributed by atoms with Gasteiger partial charge >= 0.3 is 0 Å². The van der Waals surface area contributed by atoms with E-state index in [4.69, 9.17) is 4.74 Å². The van der Waals surface area contributed by atoms with Gasteiger partial charge < -0.3 is 10.1 Å². The first-order chi connectivity index (χ1) is 7.56. The fourth-order valence-corrected chi connectivity index (χ4v) is 1.18. The van der Waals surface area contributed by atoms with E-state index in [2.05, 4.69) is 36.1 Å². The Bertz CT molecular complexity index is 339. The van der Waals surface area contributed by atoms with Crippen molar-refractivity contribution in [2.24, 2.45) is 0 Å². The molecular weight excluding hydrogens is 202 g/mol. The van der Waals surface area contributed by atoms with Crippen LogP contribution in [0.25, 0.3) is 0 Å². The number of aromatic nitrogens is 2. The Morgan fingerprint density at radius 2 is 2.00 bits per heavy atom. The highest BCUT2D eigenvalue weighted by atomic mass is 16.5. The van der Waals surface area contributed by atoms with Gasteiger partial charge in [-0.25, -0.2) is 4.98 Å². The molecule has 1 atom stereocenters. The third-order valence-electron chi connectivity index (χ3n) is 2.39. The second kappa shape index (κ2) is 5.68. The van der Waals surface area contributed by atoms with E-state index in [1.54, 1.807) is 0 Å². The van der Waals surface area contributed by atoms with Crippen molar-refractivity contribution < 1.29 is 4.74 Å². The summed E-state index contributed by atoms with van der Waals surface area (Å²) in [5.74, 6) is 2.56. The molecule has 4 heteroatoms. The number of rotatable bonds is 5. The molecule has 0 aliphatic carbocycles. The lowest BCUT2D eigenvalue weighted by molar-refractivity contribution is 0.207. The molecule has 0 spiro atoms. The number of hydrogen-bond donors (Lipinski definition) is 1. The van der Waals surface area contributed by atoms with Gasteiger partial charge in [-0.2, -0.15) is 4.98 Å². The molecule has 16 heavy (non-hydrogen) atoms. The third kappa shape index (κ3) is 3.36. The lowest BCUT2D eigenvalue weighted by Gasteiger charge is -2.14. The SMILES string of the molecule is CCC(C)Oc1cc(NC)nc(C(C)C)n1. The average Bonchev–Trinajstić information content (AvgIpc) is 2.28. The highest BCUT2D eigenvalue weighted by Crippen LogP contribution is 2.19. The molecule has 1 rings (SSSR count). The number of ether oxygens (including phenoxy) is 1. The molecule has 1 aromatic rings. The molecule has 0 aromatic carbocycles. The maximum absolute atomic E-state index is 5.71. The fraction of sp³-hybridized carbons (Fsp3) is 0.667. The summed E-state index contributed by atoms with van der Waals surface area (Å²) >= 11 is 0. The van der Waals surface area contributed by atoms with Crippen LogP contribution in [-0.2, 0) is 0 Å². The first-order valence-electron chi connectivity index (χ1n) is 5.80. The minimum Gasteiger partial charge on any atom is -0.475 e. The van der Waals surface area contributed by atoms with Crippen LogP contribution in [0.15, 0.2) is 6.07 Å². The van der Waals surface area contributed by atoms with Gasteiger partial charge in [-0.1, -0.05) is 20.8 Å². The molecule has 1 heterocycles. The zero-order chi connectivity index (χ0) is 12.1. The van der Waals surface area contributed by atoms with Crippen LogP contribution >= 0.6 is 0 Å². The summed E-state index contributed by atoms with van der Waals surface area (Å²) in [5, 5.41) is 3.02. The van der Waals surface area contributed by atoms with Gasteiger partial charge in [-0.3, -0.25) is 0 Å². The van der Waals surface area contributed by atoms with E-state index < -0.39 is 0 Å². The van der Waals surface area contributed by atoms with Crippen molar-refractivity contribution in [3.8, 4) is 5.88 Å². The van der Waals surface area contributed by atoms with Gasteiger partial charge in [0.2, 0.25) is 5.88 Å². The van der Waals surface area contributed by atoms with E-state index >= 15 is 0 Å². The molecule has 0 aliphatic rings. The van der Waals surface area contributed by atoms with Crippen LogP contribution in [0.1, 0.15) is 45.9 Å². The van der Waals surface area contributed by atoms with Crippen molar-refractivity contribution in [3.05, 3.63) is 11.9 Å². The van der Waals surface area contributed by atoms with Crippen molar-refractivity contribution in [2.45, 2.75) is 46.1 Å². The van der Waals surface area contributed by atoms with Gasteiger partial charge in [0.1, 0.15) is 11.6 Å². The van der Waals surface area contributed by atoms with Gasteiger partial charge in [-0.15, -0.1) is 0 Å². The lowest BCUT2D eigenvalue weighted by Crippen LogP contribution is -2.12. The summed E-state index contributed by atoms with van der Waals surface area (Å²) in [4.78, 5) is 8.78. The summed E-state index contributed by atoms with van der Waals surface area (Å²) in [6.45, 7) is 8.27. The maximum atomic E-state index is 5.71. The lowest BCUT2D eigenvalue weighted by atomic mass is 10.2. The Labute approximate surface area is 97.5 Å². The smallest absolute Gasteiger partial charge is 0.218 e. The van der Waals surface area contributed by atoms with E-state index in [-0.39, 0.29) is 6.10 Å². The topological polar surface area (TPSA) is 47.0 Å². The van der Waals surface area contributed by atoms with Crippen LogP contribution in [-0.4, -0.2) is 23.1 Å². The first kappa shape index (κ1) is 12.7. The van der Waals surface area contributed by atoms with Crippen molar-refractivity contribution >= 4 is 5.82 Å². The van der Waals surface area contributed by atoms with Gasteiger partial charge in [0.15, 0.2) is 0 Å². The largest absolute Gasteiger partial charge is 0.475 e. The number of nitrogens with zero attached hydrogens (tertiary/aromatic N) is 2. The summed E-state index contributed by atoms with van der Waals surface area (Å²) in [6.07, 6.45) is 1.15. The Morgan fingerprint density at radius 1 is 1.31 bits per heavy atom. The fourth-order valence-electron chi connectivity index (χ4n) is 1.18. The number of anilines is 1. The van der Waals surface area contributed by atoms with Gasteiger partial charge in [0.25, 0.3) is 0 Å². The quantitative estimate of drug-likeness (QED) is 0.833. The molecule has 0 aliphatic heterocycles. The van der Waals surface area contributed by atoms with Gasteiger partial charge in [0, 0.05) is 19.0 Å². The van der Waals surface area contributed by atoms with E-state index in [1.807, 2.05) is 20.0 Å². The van der Waals surface area contributed by atoms with Crippen LogP contribution in [0.4, 0.5) is 5.82 Å². The van der Waals surface area contributed by atoms with E-state index in [0.29, 0.717) is 11.8 Å². The van der Waals surface area contributed by atoms with Crippen LogP contribution in [0.5, 0.6) is 5.88 Å². The summed E-state index contributed by atoms with van der Waals surface area (Å²) in [7, 11) is 1.85. The molecule has 0 saturated carbocycles. The zero-order valence-electron chi connectivity index (χ0n) is 10.7. The normalized spacial score (nSPS) is 12.6. The van der Waals surface area contributed by atoms with Crippen molar-refractivity contribution in [1.82, 2.24) is 9.97 Å². The molecule has 1 aromatic heterocycles. The Morgan fingerprint density at radius 3 is 2.50 bits per heavy atom. The number of hydrogen-bond acceptors (Lipinski definition) is 4. The number of nitrogens with one attached hydrogen (secondary N) is 1. The minimum absolute atomic E-state index is 0.180. The van der Waals surface area contributed by atoms with Gasteiger partial charge in [0.05, 0.1) is 6.10 Å². The van der Waals surface area contributed by atoms with Crippen LogP contribution in [0.2, 0.25) is 0 Å². The molecule has 0 bridgehead atoms. The average molecular weight is 223 g/mol. The van der Waals surface area contributed by atoms with Crippen molar-refractivity contribution in [2.75, 3.05) is 12.4 Å². The highest BCUT2D eigenvalue weighted by molar-refractivity contribution is 5.38. The minimum atomic E-state index is 0.180. The van der Waals surface area contributed by atoms with Crippen molar-refractivity contribution in [1.29, 1.82) is 0 Å². The molecule has 0 amide bonds. The molecule has 90 valence electrons. The first-order valence-corrected chi connectivity index (χ1v) is 5.80. The van der Waals surface area contributed by atoms with Crippen molar-refractivity contribution in [3.63, 3.8) is 0 Å². The molecule has 4 nitrogen and oxygen atoms in total. The zero-order valence-corrected chi connectivity index (χ0v) is 10.7. The molecule has 0 radical (unpaired) electrons. The van der Waals surface area contributed by atoms with Crippen LogP contribution in [0, 0.1) is 0 Å². The maximum Gasteiger partial charge on any atom is 0.218 e. The van der Waals surface area contributed by atoms with E-state index in [9.17, 15) is 0 Å². The Balaban J connectivity index is 2.95. The third-order valence-corrected chi connectivity index (χ3v) is 2.39. The van der Waals surface area contributed by atoms with Crippen LogP contribution < -0.4 is 10.1 Å². The molecule has 0 saturated heterocycles. The molecule has 1 N–H and O–H groups in total.